The molecule has 0 spiro atoms. The van der Waals surface area contributed by atoms with Crippen LogP contribution in [0, 0.1) is 0 Å². The number of carbonyl (C=O) groups is 3. The number of hydrogen-bond donors (Lipinski definition) is 2. The first-order valence-electron chi connectivity index (χ1n) is 10.1. The number of fused-ring (bicyclic) bond motifs is 1. The van der Waals surface area contributed by atoms with Crippen LogP contribution < -0.4 is 10.0 Å². The number of likely N-dealkylation sites (tertiary alicyclic amines) is 1. The fourth-order valence-corrected chi connectivity index (χ4v) is 4.77. The molecule has 3 amide bonds. The van der Waals surface area contributed by atoms with Crippen molar-refractivity contribution in [3.05, 3.63) is 29.3 Å². The summed E-state index contributed by atoms with van der Waals surface area (Å²) in [5.41, 5.74) is 2.30. The maximum Gasteiger partial charge on any atom is 0.240 e. The summed E-state index contributed by atoms with van der Waals surface area (Å²) in [6.07, 6.45) is 5.11. The van der Waals surface area contributed by atoms with Gasteiger partial charge >= 0.3 is 0 Å². The summed E-state index contributed by atoms with van der Waals surface area (Å²) in [6.45, 7) is 0.630. The lowest BCUT2D eigenvalue weighted by Crippen LogP contribution is -2.34. The highest BCUT2D eigenvalue weighted by Gasteiger charge is 2.27. The number of nitrogens with zero attached hydrogens (tertiary/aromatic N) is 1. The van der Waals surface area contributed by atoms with Crippen LogP contribution in [0.4, 0.5) is 0 Å². The molecule has 1 aliphatic heterocycles. The molecule has 1 aliphatic carbocycles. The molecule has 0 bridgehead atoms. The van der Waals surface area contributed by atoms with E-state index in [1.54, 1.807) is 12.1 Å². The zero-order valence-corrected chi connectivity index (χ0v) is 17.2. The van der Waals surface area contributed by atoms with E-state index >= 15 is 0 Å². The molecule has 0 aromatic heterocycles. The molecule has 2 aliphatic rings. The highest BCUT2D eigenvalue weighted by atomic mass is 32.2. The first kappa shape index (κ1) is 21.4. The van der Waals surface area contributed by atoms with Crippen molar-refractivity contribution >= 4 is 27.7 Å². The van der Waals surface area contributed by atoms with Crippen LogP contribution in [0.15, 0.2) is 23.1 Å². The van der Waals surface area contributed by atoms with Gasteiger partial charge in [0.1, 0.15) is 0 Å². The van der Waals surface area contributed by atoms with E-state index in [0.717, 1.165) is 31.2 Å². The summed E-state index contributed by atoms with van der Waals surface area (Å²) >= 11 is 0. The Balaban J connectivity index is 1.38. The van der Waals surface area contributed by atoms with Gasteiger partial charge in [0.05, 0.1) is 4.90 Å². The van der Waals surface area contributed by atoms with E-state index in [9.17, 15) is 22.8 Å². The monoisotopic (exact) mass is 421 g/mol. The largest absolute Gasteiger partial charge is 0.356 e. The van der Waals surface area contributed by atoms with Crippen LogP contribution in [0.1, 0.15) is 49.7 Å². The van der Waals surface area contributed by atoms with Gasteiger partial charge in [-0.2, -0.15) is 0 Å². The standard InChI is InChI=1S/C20H27N3O5S/c24-18(21-11-3-13-23-19(25)8-9-20(23)26)10-12-22-29(27,28)17-7-6-15-4-1-2-5-16(15)14-17/h6-7,14,22H,1-5,8-13H2,(H,21,24). The predicted molar refractivity (Wildman–Crippen MR) is 106 cm³/mol. The molecule has 29 heavy (non-hydrogen) atoms. The summed E-state index contributed by atoms with van der Waals surface area (Å²) in [7, 11) is -3.65. The molecular formula is C20H27N3O5S. The number of nitrogens with one attached hydrogen (secondary N) is 2. The van der Waals surface area contributed by atoms with Crippen LogP contribution in [-0.2, 0) is 37.2 Å². The summed E-state index contributed by atoms with van der Waals surface area (Å²) in [5, 5.41) is 2.68. The maximum atomic E-state index is 12.5. The topological polar surface area (TPSA) is 113 Å². The van der Waals surface area contributed by atoms with Crippen molar-refractivity contribution in [3.8, 4) is 0 Å². The summed E-state index contributed by atoms with van der Waals surface area (Å²) < 4.78 is 27.4. The Bertz CT molecular complexity index is 881. The van der Waals surface area contributed by atoms with Crippen molar-refractivity contribution in [2.24, 2.45) is 0 Å². The fraction of sp³-hybridized carbons (Fsp3) is 0.550. The molecule has 0 atom stereocenters. The van der Waals surface area contributed by atoms with E-state index in [1.165, 1.54) is 10.5 Å². The number of amides is 3. The SMILES string of the molecule is O=C(CCNS(=O)(=O)c1ccc2c(c1)CCCC2)NCCCN1C(=O)CCC1=O. The van der Waals surface area contributed by atoms with Crippen LogP contribution in [0.25, 0.3) is 0 Å². The second-order valence-electron chi connectivity index (χ2n) is 7.43. The first-order valence-corrected chi connectivity index (χ1v) is 11.6. The summed E-state index contributed by atoms with van der Waals surface area (Å²) in [4.78, 5) is 36.3. The minimum absolute atomic E-state index is 0.00828. The number of aryl methyl sites for hydroxylation is 2. The van der Waals surface area contributed by atoms with E-state index < -0.39 is 10.0 Å². The second kappa shape index (κ2) is 9.49. The van der Waals surface area contributed by atoms with Gasteiger partial charge in [0, 0.05) is 38.9 Å². The van der Waals surface area contributed by atoms with Gasteiger partial charge in [0.2, 0.25) is 27.7 Å². The van der Waals surface area contributed by atoms with E-state index in [0.29, 0.717) is 19.5 Å². The highest BCUT2D eigenvalue weighted by Crippen LogP contribution is 2.24. The average molecular weight is 422 g/mol. The van der Waals surface area contributed by atoms with Gasteiger partial charge < -0.3 is 5.32 Å². The highest BCUT2D eigenvalue weighted by molar-refractivity contribution is 7.89. The van der Waals surface area contributed by atoms with E-state index in [1.807, 2.05) is 6.07 Å². The van der Waals surface area contributed by atoms with Gasteiger partial charge in [0.15, 0.2) is 0 Å². The Kier molecular flexibility index (Phi) is 7.02. The Morgan fingerprint density at radius 2 is 1.66 bits per heavy atom. The fourth-order valence-electron chi connectivity index (χ4n) is 3.68. The quantitative estimate of drug-likeness (QED) is 0.454. The number of rotatable bonds is 9. The molecule has 3 rings (SSSR count). The second-order valence-corrected chi connectivity index (χ2v) is 9.19. The van der Waals surface area contributed by atoms with E-state index in [4.69, 9.17) is 0 Å². The smallest absolute Gasteiger partial charge is 0.240 e. The van der Waals surface area contributed by atoms with E-state index in [2.05, 4.69) is 10.0 Å². The number of carbonyl (C=O) groups excluding carboxylic acids is 3. The molecule has 8 nitrogen and oxygen atoms in total. The zero-order chi connectivity index (χ0) is 20.9. The normalized spacial score (nSPS) is 16.8. The van der Waals surface area contributed by atoms with Crippen LogP contribution in [0.2, 0.25) is 0 Å². The first-order chi connectivity index (χ1) is 13.9. The lowest BCUT2D eigenvalue weighted by Gasteiger charge is -2.16. The molecule has 0 radical (unpaired) electrons. The molecular weight excluding hydrogens is 394 g/mol. The van der Waals surface area contributed by atoms with Gasteiger partial charge in [-0.3, -0.25) is 19.3 Å². The van der Waals surface area contributed by atoms with Crippen molar-refractivity contribution in [2.75, 3.05) is 19.6 Å². The zero-order valence-electron chi connectivity index (χ0n) is 16.4. The van der Waals surface area contributed by atoms with Crippen molar-refractivity contribution in [1.82, 2.24) is 14.9 Å². The molecule has 1 fully saturated rings. The van der Waals surface area contributed by atoms with Gasteiger partial charge in [-0.05, 0) is 55.4 Å². The molecule has 1 heterocycles. The third-order valence-corrected chi connectivity index (χ3v) is 6.77. The lowest BCUT2D eigenvalue weighted by molar-refractivity contribution is -0.138. The van der Waals surface area contributed by atoms with Gasteiger partial charge in [0.25, 0.3) is 0 Å². The van der Waals surface area contributed by atoms with Crippen LogP contribution in [0.5, 0.6) is 0 Å². The average Bonchev–Trinajstić information content (AvgIpc) is 3.02. The summed E-state index contributed by atoms with van der Waals surface area (Å²) in [5.74, 6) is -0.618. The van der Waals surface area contributed by atoms with Crippen molar-refractivity contribution < 1.29 is 22.8 Å². The Morgan fingerprint density at radius 1 is 0.966 bits per heavy atom. The Labute approximate surface area is 171 Å². The maximum absolute atomic E-state index is 12.5. The summed E-state index contributed by atoms with van der Waals surface area (Å²) in [6, 6.07) is 5.23. The number of benzene rings is 1. The molecule has 1 saturated heterocycles. The van der Waals surface area contributed by atoms with Gasteiger partial charge in [-0.1, -0.05) is 6.07 Å². The number of sulfonamides is 1. The van der Waals surface area contributed by atoms with Gasteiger partial charge in [-0.15, -0.1) is 0 Å². The van der Waals surface area contributed by atoms with Crippen molar-refractivity contribution in [1.29, 1.82) is 0 Å². The molecule has 0 saturated carbocycles. The molecule has 1 aromatic carbocycles. The third-order valence-electron chi connectivity index (χ3n) is 5.31. The number of hydrogen-bond acceptors (Lipinski definition) is 5. The van der Waals surface area contributed by atoms with Crippen molar-refractivity contribution in [2.45, 2.75) is 56.3 Å². The van der Waals surface area contributed by atoms with Crippen LogP contribution >= 0.6 is 0 Å². The molecule has 9 heteroatoms. The molecule has 0 unspecified atom stereocenters. The molecule has 1 aromatic rings. The Morgan fingerprint density at radius 3 is 2.38 bits per heavy atom. The minimum Gasteiger partial charge on any atom is -0.356 e. The van der Waals surface area contributed by atoms with Gasteiger partial charge in [-0.25, -0.2) is 13.1 Å². The third kappa shape index (κ3) is 5.63. The Hall–Kier alpha value is -2.26. The predicted octanol–water partition coefficient (Wildman–Crippen LogP) is 0.889. The lowest BCUT2D eigenvalue weighted by atomic mass is 9.92. The van der Waals surface area contributed by atoms with Crippen LogP contribution in [0.3, 0.4) is 0 Å². The minimum atomic E-state index is -3.65. The van der Waals surface area contributed by atoms with Crippen molar-refractivity contribution in [3.63, 3.8) is 0 Å². The van der Waals surface area contributed by atoms with E-state index in [-0.39, 0.29) is 48.4 Å². The molecule has 158 valence electrons. The molecule has 2 N–H and O–H groups in total. The van der Waals surface area contributed by atoms with Crippen LogP contribution in [-0.4, -0.2) is 50.7 Å². The number of imide groups is 1.